The molecule has 0 aliphatic carbocycles. The van der Waals surface area contributed by atoms with Gasteiger partial charge in [0.1, 0.15) is 11.6 Å². The summed E-state index contributed by atoms with van der Waals surface area (Å²) in [6.07, 6.45) is 5.45. The number of hydrogen-bond acceptors (Lipinski definition) is 4. The topological polar surface area (TPSA) is 59.8 Å². The zero-order valence-electron chi connectivity index (χ0n) is 12.0. The summed E-state index contributed by atoms with van der Waals surface area (Å²) in [6, 6.07) is 4.17. The number of aryl methyl sites for hydroxylation is 2. The molecule has 6 heteroatoms. The molecular formula is C15H20N4OS. The molecule has 0 saturated heterocycles. The first-order chi connectivity index (χ1) is 10.3. The van der Waals surface area contributed by atoms with E-state index in [-0.39, 0.29) is 5.91 Å². The fraction of sp³-hybridized carbons (Fsp3) is 0.533. The number of aromatic nitrogens is 3. The van der Waals surface area contributed by atoms with E-state index in [1.54, 1.807) is 11.3 Å². The second-order valence-electron chi connectivity index (χ2n) is 5.32. The van der Waals surface area contributed by atoms with Crippen molar-refractivity contribution >= 4 is 17.2 Å². The van der Waals surface area contributed by atoms with Crippen molar-refractivity contribution in [3.8, 4) is 0 Å². The van der Waals surface area contributed by atoms with Crippen LogP contribution in [-0.4, -0.2) is 27.2 Å². The van der Waals surface area contributed by atoms with Crippen LogP contribution in [0.3, 0.4) is 0 Å². The normalized spacial score (nSPS) is 13.3. The lowest BCUT2D eigenvalue weighted by atomic mass is 10.2. The monoisotopic (exact) mass is 304 g/mol. The van der Waals surface area contributed by atoms with Crippen LogP contribution in [-0.2, 0) is 30.6 Å². The number of nitrogens with one attached hydrogen (secondary N) is 1. The Balaban J connectivity index is 1.34. The molecule has 1 aliphatic rings. The van der Waals surface area contributed by atoms with Crippen LogP contribution < -0.4 is 5.32 Å². The molecule has 1 N–H and O–H groups in total. The molecule has 0 atom stereocenters. The number of hydrogen-bond donors (Lipinski definition) is 1. The first kappa shape index (κ1) is 14.3. The minimum Gasteiger partial charge on any atom is -0.356 e. The van der Waals surface area contributed by atoms with Crippen molar-refractivity contribution in [3.63, 3.8) is 0 Å². The molecule has 2 aromatic rings. The van der Waals surface area contributed by atoms with Gasteiger partial charge in [0.15, 0.2) is 0 Å². The molecule has 0 saturated carbocycles. The number of fused-ring (bicyclic) bond motifs is 1. The van der Waals surface area contributed by atoms with Gasteiger partial charge in [-0.2, -0.15) is 0 Å². The van der Waals surface area contributed by atoms with Gasteiger partial charge in [0.2, 0.25) is 5.91 Å². The van der Waals surface area contributed by atoms with Crippen LogP contribution in [0.1, 0.15) is 35.8 Å². The van der Waals surface area contributed by atoms with Gasteiger partial charge >= 0.3 is 0 Å². The molecule has 21 heavy (non-hydrogen) atoms. The van der Waals surface area contributed by atoms with E-state index in [1.165, 1.54) is 4.88 Å². The second-order valence-corrected chi connectivity index (χ2v) is 6.35. The smallest absolute Gasteiger partial charge is 0.220 e. The molecule has 0 spiro atoms. The van der Waals surface area contributed by atoms with Crippen molar-refractivity contribution in [3.05, 3.63) is 34.0 Å². The van der Waals surface area contributed by atoms with Crippen LogP contribution in [0, 0.1) is 0 Å². The number of amides is 1. The fourth-order valence-electron chi connectivity index (χ4n) is 2.68. The third-order valence-corrected chi connectivity index (χ3v) is 4.70. The molecular weight excluding hydrogens is 284 g/mol. The highest BCUT2D eigenvalue weighted by atomic mass is 32.1. The van der Waals surface area contributed by atoms with Crippen molar-refractivity contribution in [1.29, 1.82) is 0 Å². The number of thiophene rings is 1. The Morgan fingerprint density at radius 2 is 2.33 bits per heavy atom. The minimum absolute atomic E-state index is 0.132. The Hall–Kier alpha value is -1.69. The van der Waals surface area contributed by atoms with Gasteiger partial charge in [0.25, 0.3) is 0 Å². The molecule has 3 heterocycles. The first-order valence-corrected chi connectivity index (χ1v) is 8.41. The van der Waals surface area contributed by atoms with Gasteiger partial charge in [0, 0.05) is 37.2 Å². The maximum atomic E-state index is 11.8. The van der Waals surface area contributed by atoms with E-state index >= 15 is 0 Å². The van der Waals surface area contributed by atoms with E-state index in [0.717, 1.165) is 50.3 Å². The quantitative estimate of drug-likeness (QED) is 0.851. The molecule has 0 unspecified atom stereocenters. The van der Waals surface area contributed by atoms with Crippen molar-refractivity contribution in [2.75, 3.05) is 6.54 Å². The van der Waals surface area contributed by atoms with Crippen LogP contribution in [0.4, 0.5) is 0 Å². The maximum Gasteiger partial charge on any atom is 0.220 e. The Kier molecular flexibility index (Phi) is 4.65. The van der Waals surface area contributed by atoms with Crippen LogP contribution >= 0.6 is 11.3 Å². The summed E-state index contributed by atoms with van der Waals surface area (Å²) < 4.78 is 2.18. The highest BCUT2D eigenvalue weighted by Crippen LogP contribution is 2.14. The van der Waals surface area contributed by atoms with Gasteiger partial charge in [-0.25, -0.2) is 0 Å². The molecule has 5 nitrogen and oxygen atoms in total. The zero-order valence-corrected chi connectivity index (χ0v) is 12.9. The zero-order chi connectivity index (χ0) is 14.5. The van der Waals surface area contributed by atoms with E-state index in [0.29, 0.717) is 13.0 Å². The summed E-state index contributed by atoms with van der Waals surface area (Å²) in [6.45, 7) is 1.67. The number of nitrogens with zero attached hydrogens (tertiary/aromatic N) is 3. The Labute approximate surface area is 128 Å². The highest BCUT2D eigenvalue weighted by molar-refractivity contribution is 7.09. The summed E-state index contributed by atoms with van der Waals surface area (Å²) in [5.74, 6) is 2.22. The van der Waals surface area contributed by atoms with E-state index < -0.39 is 0 Å². The molecule has 3 rings (SSSR count). The fourth-order valence-corrected chi connectivity index (χ4v) is 3.43. The SMILES string of the molecule is O=C(CCCc1cccs1)NCCc1nnc2n1CCC2. The molecule has 1 amide bonds. The van der Waals surface area contributed by atoms with Crippen LogP contribution in [0.2, 0.25) is 0 Å². The first-order valence-electron chi connectivity index (χ1n) is 7.53. The van der Waals surface area contributed by atoms with E-state index in [1.807, 2.05) is 0 Å². The summed E-state index contributed by atoms with van der Waals surface area (Å²) in [4.78, 5) is 13.1. The lowest BCUT2D eigenvalue weighted by Gasteiger charge is -2.05. The average molecular weight is 304 g/mol. The van der Waals surface area contributed by atoms with Crippen molar-refractivity contribution < 1.29 is 4.79 Å². The van der Waals surface area contributed by atoms with E-state index in [9.17, 15) is 4.79 Å². The highest BCUT2D eigenvalue weighted by Gasteiger charge is 2.16. The Morgan fingerprint density at radius 1 is 1.38 bits per heavy atom. The number of rotatable bonds is 7. The van der Waals surface area contributed by atoms with Gasteiger partial charge in [-0.15, -0.1) is 21.5 Å². The Morgan fingerprint density at radius 3 is 3.19 bits per heavy atom. The third-order valence-electron chi connectivity index (χ3n) is 3.76. The van der Waals surface area contributed by atoms with Gasteiger partial charge in [-0.1, -0.05) is 6.07 Å². The molecule has 0 radical (unpaired) electrons. The van der Waals surface area contributed by atoms with Crippen molar-refractivity contribution in [2.45, 2.75) is 45.1 Å². The molecule has 0 aromatic carbocycles. The lowest BCUT2D eigenvalue weighted by molar-refractivity contribution is -0.121. The summed E-state index contributed by atoms with van der Waals surface area (Å²) >= 11 is 1.75. The predicted octanol–water partition coefficient (Wildman–Crippen LogP) is 1.97. The predicted molar refractivity (Wildman–Crippen MR) is 82.3 cm³/mol. The molecule has 1 aliphatic heterocycles. The van der Waals surface area contributed by atoms with Gasteiger partial charge < -0.3 is 9.88 Å². The molecule has 112 valence electrons. The standard InChI is InChI=1S/C15H20N4OS/c20-15(7-1-4-12-5-3-11-21-12)16-9-8-14-18-17-13-6-2-10-19(13)14/h3,5,11H,1-2,4,6-10H2,(H,16,20). The van der Waals surface area contributed by atoms with E-state index in [4.69, 9.17) is 0 Å². The molecule has 0 bridgehead atoms. The number of carbonyl (C=O) groups is 1. The van der Waals surface area contributed by atoms with Gasteiger partial charge in [0.05, 0.1) is 0 Å². The average Bonchev–Trinajstić information content (AvgIpc) is 3.17. The summed E-state index contributed by atoms with van der Waals surface area (Å²) in [5.41, 5.74) is 0. The van der Waals surface area contributed by atoms with Crippen molar-refractivity contribution in [1.82, 2.24) is 20.1 Å². The van der Waals surface area contributed by atoms with Gasteiger partial charge in [-0.05, 0) is 30.7 Å². The van der Waals surface area contributed by atoms with Crippen LogP contribution in [0.15, 0.2) is 17.5 Å². The van der Waals surface area contributed by atoms with Crippen LogP contribution in [0.25, 0.3) is 0 Å². The minimum atomic E-state index is 0.132. The molecule has 0 fully saturated rings. The Bertz CT molecular complexity index is 591. The van der Waals surface area contributed by atoms with E-state index in [2.05, 4.69) is 37.6 Å². The van der Waals surface area contributed by atoms with Crippen LogP contribution in [0.5, 0.6) is 0 Å². The third kappa shape index (κ3) is 3.69. The summed E-state index contributed by atoms with van der Waals surface area (Å²) in [7, 11) is 0. The number of carbonyl (C=O) groups excluding carboxylic acids is 1. The largest absolute Gasteiger partial charge is 0.356 e. The maximum absolute atomic E-state index is 11.8. The van der Waals surface area contributed by atoms with Gasteiger partial charge in [-0.3, -0.25) is 4.79 Å². The summed E-state index contributed by atoms with van der Waals surface area (Å²) in [5, 5.41) is 13.4. The second kappa shape index (κ2) is 6.85. The molecule has 2 aromatic heterocycles. The van der Waals surface area contributed by atoms with Crippen molar-refractivity contribution in [2.24, 2.45) is 0 Å². The lowest BCUT2D eigenvalue weighted by Crippen LogP contribution is -2.26.